The molecular formula is C8H12O2. The molecule has 0 radical (unpaired) electrons. The maximum absolute atomic E-state index is 10.7. The van der Waals surface area contributed by atoms with Gasteiger partial charge in [0, 0.05) is 12.0 Å². The third kappa shape index (κ3) is 1.20. The van der Waals surface area contributed by atoms with E-state index >= 15 is 0 Å². The Morgan fingerprint density at radius 3 is 2.60 bits per heavy atom. The van der Waals surface area contributed by atoms with Gasteiger partial charge in [0.05, 0.1) is 0 Å². The fraction of sp³-hybridized carbons (Fsp3) is 0.625. The van der Waals surface area contributed by atoms with E-state index in [-0.39, 0.29) is 11.6 Å². The van der Waals surface area contributed by atoms with Crippen molar-refractivity contribution >= 4 is 5.97 Å². The Labute approximate surface area is 60.9 Å². The fourth-order valence-electron chi connectivity index (χ4n) is 0.841. The summed E-state index contributed by atoms with van der Waals surface area (Å²) in [5.74, 6) is 0.0771. The van der Waals surface area contributed by atoms with E-state index in [2.05, 4.69) is 0 Å². The van der Waals surface area contributed by atoms with Gasteiger partial charge in [0.15, 0.2) is 0 Å². The molecule has 1 atom stereocenters. The number of carbonyl (C=O) groups is 1. The molecule has 0 spiro atoms. The van der Waals surface area contributed by atoms with Gasteiger partial charge in [-0.2, -0.15) is 0 Å². The van der Waals surface area contributed by atoms with Crippen molar-refractivity contribution in [3.8, 4) is 0 Å². The minimum atomic E-state index is -0.328. The van der Waals surface area contributed by atoms with Gasteiger partial charge in [-0.1, -0.05) is 13.0 Å². The summed E-state index contributed by atoms with van der Waals surface area (Å²) in [5.41, 5.74) is -0.328. The number of ether oxygens (including phenoxy) is 1. The van der Waals surface area contributed by atoms with E-state index in [4.69, 9.17) is 4.74 Å². The van der Waals surface area contributed by atoms with Gasteiger partial charge in [0.2, 0.25) is 0 Å². The SMILES string of the molecule is C[C@H]1C=CC(=O)OC1(C)C. The molecule has 0 aromatic heterocycles. The molecule has 1 heterocycles. The summed E-state index contributed by atoms with van der Waals surface area (Å²) >= 11 is 0. The van der Waals surface area contributed by atoms with Gasteiger partial charge in [-0.25, -0.2) is 4.79 Å². The monoisotopic (exact) mass is 140 g/mol. The third-order valence-corrected chi connectivity index (χ3v) is 1.98. The molecule has 10 heavy (non-hydrogen) atoms. The zero-order valence-corrected chi connectivity index (χ0v) is 6.55. The van der Waals surface area contributed by atoms with E-state index < -0.39 is 0 Å². The highest BCUT2D eigenvalue weighted by molar-refractivity contribution is 5.83. The van der Waals surface area contributed by atoms with Crippen LogP contribution >= 0.6 is 0 Å². The number of carbonyl (C=O) groups excluding carboxylic acids is 1. The zero-order chi connectivity index (χ0) is 7.78. The molecule has 0 saturated heterocycles. The Balaban J connectivity index is 2.82. The minimum Gasteiger partial charge on any atom is -0.456 e. The van der Waals surface area contributed by atoms with Crippen LogP contribution in [0.5, 0.6) is 0 Å². The molecule has 0 amide bonds. The van der Waals surface area contributed by atoms with E-state index in [9.17, 15) is 4.79 Å². The Morgan fingerprint density at radius 2 is 2.20 bits per heavy atom. The minimum absolute atomic E-state index is 0.233. The van der Waals surface area contributed by atoms with Crippen molar-refractivity contribution in [3.63, 3.8) is 0 Å². The van der Waals surface area contributed by atoms with Crippen LogP contribution in [-0.2, 0) is 9.53 Å². The highest BCUT2D eigenvalue weighted by Crippen LogP contribution is 2.25. The topological polar surface area (TPSA) is 26.3 Å². The second-order valence-electron chi connectivity index (χ2n) is 3.17. The van der Waals surface area contributed by atoms with Crippen LogP contribution in [0.15, 0.2) is 12.2 Å². The molecular weight excluding hydrogens is 128 g/mol. The number of hydrogen-bond donors (Lipinski definition) is 0. The van der Waals surface area contributed by atoms with Gasteiger partial charge in [0.25, 0.3) is 0 Å². The van der Waals surface area contributed by atoms with Gasteiger partial charge >= 0.3 is 5.97 Å². The average molecular weight is 140 g/mol. The fourth-order valence-corrected chi connectivity index (χ4v) is 0.841. The Hall–Kier alpha value is -0.790. The Kier molecular flexibility index (Phi) is 1.55. The van der Waals surface area contributed by atoms with E-state index in [0.717, 1.165) is 0 Å². The molecule has 0 aromatic rings. The van der Waals surface area contributed by atoms with Crippen molar-refractivity contribution in [1.82, 2.24) is 0 Å². The number of hydrogen-bond acceptors (Lipinski definition) is 2. The van der Waals surface area contributed by atoms with Crippen LogP contribution in [-0.4, -0.2) is 11.6 Å². The molecule has 0 aliphatic carbocycles. The number of esters is 1. The first-order chi connectivity index (χ1) is 4.52. The van der Waals surface area contributed by atoms with Crippen LogP contribution < -0.4 is 0 Å². The van der Waals surface area contributed by atoms with Crippen molar-refractivity contribution in [2.45, 2.75) is 26.4 Å². The van der Waals surface area contributed by atoms with E-state index in [1.807, 2.05) is 26.8 Å². The molecule has 1 aliphatic rings. The molecule has 0 unspecified atom stereocenters. The molecule has 56 valence electrons. The lowest BCUT2D eigenvalue weighted by molar-refractivity contribution is -0.155. The summed E-state index contributed by atoms with van der Waals surface area (Å²) in [6.07, 6.45) is 3.36. The first-order valence-electron chi connectivity index (χ1n) is 3.43. The van der Waals surface area contributed by atoms with Gasteiger partial charge in [-0.15, -0.1) is 0 Å². The summed E-state index contributed by atoms with van der Waals surface area (Å²) in [7, 11) is 0. The van der Waals surface area contributed by atoms with Crippen molar-refractivity contribution in [3.05, 3.63) is 12.2 Å². The van der Waals surface area contributed by atoms with Crippen LogP contribution in [0.3, 0.4) is 0 Å². The van der Waals surface area contributed by atoms with Gasteiger partial charge in [0.1, 0.15) is 5.60 Å². The summed E-state index contributed by atoms with van der Waals surface area (Å²) in [4.78, 5) is 10.7. The van der Waals surface area contributed by atoms with Crippen molar-refractivity contribution in [2.24, 2.45) is 5.92 Å². The van der Waals surface area contributed by atoms with Crippen molar-refractivity contribution < 1.29 is 9.53 Å². The predicted molar refractivity (Wildman–Crippen MR) is 38.5 cm³/mol. The average Bonchev–Trinajstić information content (AvgIpc) is 1.78. The van der Waals surface area contributed by atoms with Crippen LogP contribution in [0, 0.1) is 5.92 Å². The van der Waals surface area contributed by atoms with E-state index in [0.29, 0.717) is 5.92 Å². The number of rotatable bonds is 0. The smallest absolute Gasteiger partial charge is 0.330 e. The molecule has 1 aliphatic heterocycles. The first kappa shape index (κ1) is 7.32. The Bertz CT molecular complexity index is 180. The second-order valence-corrected chi connectivity index (χ2v) is 3.17. The first-order valence-corrected chi connectivity index (χ1v) is 3.43. The second kappa shape index (κ2) is 2.11. The number of cyclic esters (lactones) is 1. The van der Waals surface area contributed by atoms with Crippen LogP contribution in [0.25, 0.3) is 0 Å². The molecule has 0 saturated carbocycles. The van der Waals surface area contributed by atoms with Gasteiger partial charge < -0.3 is 4.74 Å². The van der Waals surface area contributed by atoms with Crippen LogP contribution in [0.1, 0.15) is 20.8 Å². The van der Waals surface area contributed by atoms with Crippen LogP contribution in [0.4, 0.5) is 0 Å². The molecule has 1 rings (SSSR count). The lowest BCUT2D eigenvalue weighted by Gasteiger charge is -2.31. The summed E-state index contributed by atoms with van der Waals surface area (Å²) < 4.78 is 5.06. The molecule has 0 aromatic carbocycles. The van der Waals surface area contributed by atoms with E-state index in [1.165, 1.54) is 6.08 Å². The zero-order valence-electron chi connectivity index (χ0n) is 6.55. The predicted octanol–water partition coefficient (Wildman–Crippen LogP) is 1.51. The van der Waals surface area contributed by atoms with Crippen molar-refractivity contribution in [1.29, 1.82) is 0 Å². The van der Waals surface area contributed by atoms with E-state index in [1.54, 1.807) is 0 Å². The quantitative estimate of drug-likeness (QED) is 0.477. The van der Waals surface area contributed by atoms with Gasteiger partial charge in [-0.05, 0) is 13.8 Å². The highest BCUT2D eigenvalue weighted by Gasteiger charge is 2.30. The third-order valence-electron chi connectivity index (χ3n) is 1.98. The molecule has 2 heteroatoms. The maximum atomic E-state index is 10.7. The lowest BCUT2D eigenvalue weighted by Crippen LogP contribution is -2.36. The molecule has 2 nitrogen and oxygen atoms in total. The molecule has 0 N–H and O–H groups in total. The largest absolute Gasteiger partial charge is 0.456 e. The van der Waals surface area contributed by atoms with Crippen molar-refractivity contribution in [2.75, 3.05) is 0 Å². The normalized spacial score (nSPS) is 29.9. The Morgan fingerprint density at radius 1 is 1.60 bits per heavy atom. The molecule has 0 fully saturated rings. The maximum Gasteiger partial charge on any atom is 0.330 e. The summed E-state index contributed by atoms with van der Waals surface area (Å²) in [6, 6.07) is 0. The lowest BCUT2D eigenvalue weighted by atomic mass is 9.91. The van der Waals surface area contributed by atoms with Gasteiger partial charge in [-0.3, -0.25) is 0 Å². The summed E-state index contributed by atoms with van der Waals surface area (Å²) in [6.45, 7) is 5.86. The van der Waals surface area contributed by atoms with Crippen LogP contribution in [0.2, 0.25) is 0 Å². The highest BCUT2D eigenvalue weighted by atomic mass is 16.6. The standard InChI is InChI=1S/C8H12O2/c1-6-4-5-7(9)10-8(6,2)3/h4-6H,1-3H3/t6-/m0/s1. The summed E-state index contributed by atoms with van der Waals surface area (Å²) in [5, 5.41) is 0. The molecule has 0 bridgehead atoms.